The van der Waals surface area contributed by atoms with Crippen molar-refractivity contribution in [2.45, 2.75) is 5.75 Å². The van der Waals surface area contributed by atoms with Crippen LogP contribution in [-0.4, -0.2) is 29.6 Å². The van der Waals surface area contributed by atoms with Crippen molar-refractivity contribution in [3.8, 4) is 5.75 Å². The first-order valence-corrected chi connectivity index (χ1v) is 8.65. The lowest BCUT2D eigenvalue weighted by atomic mass is 10.2. The van der Waals surface area contributed by atoms with Crippen LogP contribution < -0.4 is 15.8 Å². The first-order chi connectivity index (χ1) is 12.4. The number of anilines is 1. The number of methoxy groups -OCH3 is 1. The predicted octanol–water partition coefficient (Wildman–Crippen LogP) is 2.57. The normalized spacial score (nSPS) is 10.2. The second kappa shape index (κ2) is 8.86. The number of hydrogen-bond donors (Lipinski definition) is 2. The molecule has 2 amide bonds. The van der Waals surface area contributed by atoms with E-state index in [1.165, 1.54) is 37.1 Å². The van der Waals surface area contributed by atoms with E-state index in [1.54, 1.807) is 24.3 Å². The summed E-state index contributed by atoms with van der Waals surface area (Å²) in [6, 6.07) is 11.0. The van der Waals surface area contributed by atoms with Gasteiger partial charge in [0.1, 0.15) is 0 Å². The van der Waals surface area contributed by atoms with Crippen LogP contribution in [0.3, 0.4) is 0 Å². The molecule has 0 radical (unpaired) electrons. The number of hydrogen-bond acceptors (Lipinski definition) is 6. The molecule has 0 aliphatic heterocycles. The second-order valence-corrected chi connectivity index (χ2v) is 6.23. The minimum Gasteiger partial charge on any atom is -0.490 e. The Labute approximate surface area is 153 Å². The van der Waals surface area contributed by atoms with Crippen LogP contribution in [0, 0.1) is 10.1 Å². The summed E-state index contributed by atoms with van der Waals surface area (Å²) in [5.74, 6) is -0.0488. The quantitative estimate of drug-likeness (QED) is 0.540. The third-order valence-corrected chi connectivity index (χ3v) is 4.38. The number of nitrogens with two attached hydrogens (primary N) is 1. The minimum absolute atomic E-state index is 0.113. The fourth-order valence-corrected chi connectivity index (χ4v) is 2.95. The molecule has 0 spiro atoms. The summed E-state index contributed by atoms with van der Waals surface area (Å²) < 4.78 is 4.95. The van der Waals surface area contributed by atoms with Crippen LogP contribution in [0.2, 0.25) is 0 Å². The van der Waals surface area contributed by atoms with Crippen LogP contribution in [0.1, 0.15) is 15.9 Å². The van der Waals surface area contributed by atoms with E-state index in [-0.39, 0.29) is 23.1 Å². The van der Waals surface area contributed by atoms with Crippen LogP contribution in [0.15, 0.2) is 42.5 Å². The van der Waals surface area contributed by atoms with E-state index in [9.17, 15) is 19.7 Å². The Morgan fingerprint density at radius 1 is 1.27 bits per heavy atom. The van der Waals surface area contributed by atoms with Crippen LogP contribution >= 0.6 is 11.8 Å². The molecule has 0 fully saturated rings. The van der Waals surface area contributed by atoms with Crippen molar-refractivity contribution < 1.29 is 19.2 Å². The number of carbonyl (C=O) groups is 2. The molecule has 0 aromatic heterocycles. The molecule has 26 heavy (non-hydrogen) atoms. The Morgan fingerprint density at radius 2 is 2.04 bits per heavy atom. The van der Waals surface area contributed by atoms with Crippen molar-refractivity contribution in [2.24, 2.45) is 5.73 Å². The highest BCUT2D eigenvalue weighted by molar-refractivity contribution is 7.99. The molecule has 0 bridgehead atoms. The second-order valence-electron chi connectivity index (χ2n) is 5.25. The molecule has 0 atom stereocenters. The van der Waals surface area contributed by atoms with E-state index in [4.69, 9.17) is 10.5 Å². The molecule has 2 rings (SSSR count). The topological polar surface area (TPSA) is 125 Å². The van der Waals surface area contributed by atoms with Crippen molar-refractivity contribution in [1.29, 1.82) is 0 Å². The maximum atomic E-state index is 12.0. The number of nitrogens with one attached hydrogen (secondary N) is 1. The number of benzene rings is 2. The van der Waals surface area contributed by atoms with Crippen molar-refractivity contribution in [1.82, 2.24) is 0 Å². The maximum Gasteiger partial charge on any atom is 0.311 e. The number of ether oxygens (including phenoxy) is 1. The Morgan fingerprint density at radius 3 is 2.69 bits per heavy atom. The third-order valence-electron chi connectivity index (χ3n) is 3.37. The van der Waals surface area contributed by atoms with E-state index in [0.29, 0.717) is 22.6 Å². The van der Waals surface area contributed by atoms with Gasteiger partial charge in [0.2, 0.25) is 11.8 Å². The lowest BCUT2D eigenvalue weighted by molar-refractivity contribution is -0.385. The molecule has 9 heteroatoms. The Bertz CT molecular complexity index is 841. The SMILES string of the molecule is COc1ccc(CSCC(=O)Nc2cccc(C(N)=O)c2)cc1[N+](=O)[O-]. The number of carbonyl (C=O) groups excluding carboxylic acids is 2. The highest BCUT2D eigenvalue weighted by Gasteiger charge is 2.15. The van der Waals surface area contributed by atoms with Crippen molar-refractivity contribution in [2.75, 3.05) is 18.2 Å². The zero-order valence-corrected chi connectivity index (χ0v) is 14.7. The number of rotatable bonds is 8. The molecule has 0 saturated heterocycles. The van der Waals surface area contributed by atoms with Gasteiger partial charge in [-0.3, -0.25) is 19.7 Å². The molecule has 0 saturated carbocycles. The van der Waals surface area contributed by atoms with Crippen LogP contribution in [0.5, 0.6) is 5.75 Å². The fourth-order valence-electron chi connectivity index (χ4n) is 2.18. The summed E-state index contributed by atoms with van der Waals surface area (Å²) in [5.41, 5.74) is 6.59. The van der Waals surface area contributed by atoms with Gasteiger partial charge in [0.15, 0.2) is 5.75 Å². The first-order valence-electron chi connectivity index (χ1n) is 7.49. The van der Waals surface area contributed by atoms with E-state index < -0.39 is 10.8 Å². The summed E-state index contributed by atoms with van der Waals surface area (Å²) in [6.07, 6.45) is 0. The average Bonchev–Trinajstić information content (AvgIpc) is 2.61. The monoisotopic (exact) mass is 375 g/mol. The standard InChI is InChI=1S/C17H17N3O5S/c1-25-15-6-5-11(7-14(15)20(23)24)9-26-10-16(21)19-13-4-2-3-12(8-13)17(18)22/h2-8H,9-10H2,1H3,(H2,18,22)(H,19,21). The zero-order valence-electron chi connectivity index (χ0n) is 13.9. The number of amides is 2. The van der Waals surface area contributed by atoms with Crippen LogP contribution in [-0.2, 0) is 10.5 Å². The lowest BCUT2D eigenvalue weighted by Gasteiger charge is -2.07. The summed E-state index contributed by atoms with van der Waals surface area (Å²) in [7, 11) is 1.37. The van der Waals surface area contributed by atoms with Gasteiger partial charge in [0.05, 0.1) is 17.8 Å². The Balaban J connectivity index is 1.90. The van der Waals surface area contributed by atoms with E-state index >= 15 is 0 Å². The van der Waals surface area contributed by atoms with Gasteiger partial charge >= 0.3 is 5.69 Å². The lowest BCUT2D eigenvalue weighted by Crippen LogP contribution is -2.16. The number of thioether (sulfide) groups is 1. The number of nitro groups is 1. The molecule has 0 aliphatic rings. The van der Waals surface area contributed by atoms with Gasteiger partial charge in [-0.2, -0.15) is 0 Å². The van der Waals surface area contributed by atoms with Crippen molar-refractivity contribution >= 4 is 35.0 Å². The van der Waals surface area contributed by atoms with Gasteiger partial charge in [-0.15, -0.1) is 11.8 Å². The largest absolute Gasteiger partial charge is 0.490 e. The van der Waals surface area contributed by atoms with E-state index in [1.807, 2.05) is 0 Å². The maximum absolute atomic E-state index is 12.0. The van der Waals surface area contributed by atoms with Crippen molar-refractivity contribution in [3.63, 3.8) is 0 Å². The third kappa shape index (κ3) is 5.21. The number of nitrogens with zero attached hydrogens (tertiary/aromatic N) is 1. The average molecular weight is 375 g/mol. The van der Waals surface area contributed by atoms with Gasteiger partial charge in [0.25, 0.3) is 0 Å². The number of primary amides is 1. The predicted molar refractivity (Wildman–Crippen MR) is 99.4 cm³/mol. The van der Waals surface area contributed by atoms with E-state index in [0.717, 1.165) is 0 Å². The summed E-state index contributed by atoms with van der Waals surface area (Å²) in [5, 5.41) is 13.7. The fraction of sp³-hybridized carbons (Fsp3) is 0.176. The van der Waals surface area contributed by atoms with Gasteiger partial charge in [0, 0.05) is 23.1 Å². The zero-order chi connectivity index (χ0) is 19.1. The summed E-state index contributed by atoms with van der Waals surface area (Å²) in [6.45, 7) is 0. The van der Waals surface area contributed by atoms with Crippen molar-refractivity contribution in [3.05, 3.63) is 63.7 Å². The molecule has 136 valence electrons. The van der Waals surface area contributed by atoms with Gasteiger partial charge in [-0.25, -0.2) is 0 Å². The molecule has 0 unspecified atom stereocenters. The van der Waals surface area contributed by atoms with Gasteiger partial charge < -0.3 is 15.8 Å². The van der Waals surface area contributed by atoms with Crippen LogP contribution in [0.25, 0.3) is 0 Å². The first kappa shape index (κ1) is 19.3. The highest BCUT2D eigenvalue weighted by Crippen LogP contribution is 2.29. The smallest absolute Gasteiger partial charge is 0.311 e. The number of nitro benzene ring substituents is 1. The summed E-state index contributed by atoms with van der Waals surface area (Å²) >= 11 is 1.31. The Hall–Kier alpha value is -3.07. The highest BCUT2D eigenvalue weighted by atomic mass is 32.2. The Kier molecular flexibility index (Phi) is 6.56. The molecule has 8 nitrogen and oxygen atoms in total. The minimum atomic E-state index is -0.573. The molecular weight excluding hydrogens is 358 g/mol. The summed E-state index contributed by atoms with van der Waals surface area (Å²) in [4.78, 5) is 33.6. The molecule has 3 N–H and O–H groups in total. The van der Waals surface area contributed by atoms with Gasteiger partial charge in [-0.1, -0.05) is 12.1 Å². The molecule has 2 aromatic carbocycles. The molecule has 0 aliphatic carbocycles. The molecule has 0 heterocycles. The molecule has 2 aromatic rings. The van der Waals surface area contributed by atoms with E-state index in [2.05, 4.69) is 5.32 Å². The van der Waals surface area contributed by atoms with Gasteiger partial charge in [-0.05, 0) is 29.8 Å². The molecular formula is C17H17N3O5S. The van der Waals surface area contributed by atoms with Crippen LogP contribution in [0.4, 0.5) is 11.4 Å².